The highest BCUT2D eigenvalue weighted by atomic mass is 79.9. The predicted octanol–water partition coefficient (Wildman–Crippen LogP) is 1.70. The number of aryl methyl sites for hydroxylation is 1. The fourth-order valence-corrected chi connectivity index (χ4v) is 1.96. The van der Waals surface area contributed by atoms with Gasteiger partial charge in [0.25, 0.3) is 0 Å². The van der Waals surface area contributed by atoms with Gasteiger partial charge in [0, 0.05) is 10.2 Å². The van der Waals surface area contributed by atoms with Crippen LogP contribution in [0, 0.1) is 12.3 Å². The van der Waals surface area contributed by atoms with E-state index in [1.165, 1.54) is 0 Å². The molecule has 5 heteroatoms. The first-order valence-corrected chi connectivity index (χ1v) is 6.13. The third-order valence-electron chi connectivity index (χ3n) is 2.97. The molecule has 1 saturated heterocycles. The summed E-state index contributed by atoms with van der Waals surface area (Å²) in [6.45, 7) is 2.35. The Balaban J connectivity index is 2.10. The van der Waals surface area contributed by atoms with Crippen LogP contribution in [0.15, 0.2) is 22.7 Å². The largest absolute Gasteiger partial charge is 0.395 e. The van der Waals surface area contributed by atoms with E-state index >= 15 is 0 Å². The van der Waals surface area contributed by atoms with Crippen molar-refractivity contribution < 1.29 is 14.6 Å². The van der Waals surface area contributed by atoms with Crippen LogP contribution in [0.2, 0.25) is 0 Å². The molecular formula is C12H14BrNO3. The third kappa shape index (κ3) is 2.36. The third-order valence-corrected chi connectivity index (χ3v) is 3.83. The number of benzene rings is 1. The highest BCUT2D eigenvalue weighted by molar-refractivity contribution is 9.10. The number of carbonyl (C=O) groups excluding carboxylic acids is 1. The van der Waals surface area contributed by atoms with Gasteiger partial charge in [-0.1, -0.05) is 22.0 Å². The number of amides is 1. The maximum Gasteiger partial charge on any atom is 0.237 e. The molecule has 0 bridgehead atoms. The van der Waals surface area contributed by atoms with E-state index < -0.39 is 5.41 Å². The molecule has 1 fully saturated rings. The zero-order valence-corrected chi connectivity index (χ0v) is 11.1. The second-order valence-corrected chi connectivity index (χ2v) is 5.20. The molecule has 0 radical (unpaired) electrons. The Kier molecular flexibility index (Phi) is 3.51. The molecule has 92 valence electrons. The molecule has 0 saturated carbocycles. The Hall–Kier alpha value is -0.910. The first-order chi connectivity index (χ1) is 8.07. The van der Waals surface area contributed by atoms with Crippen LogP contribution in [-0.4, -0.2) is 30.8 Å². The number of hydrogen-bond acceptors (Lipinski definition) is 3. The molecule has 1 aromatic rings. The summed E-state index contributed by atoms with van der Waals surface area (Å²) in [5.74, 6) is -0.193. The van der Waals surface area contributed by atoms with E-state index in [9.17, 15) is 9.90 Å². The molecular weight excluding hydrogens is 286 g/mol. The number of hydrogen-bond donors (Lipinski definition) is 2. The van der Waals surface area contributed by atoms with Crippen LogP contribution in [0.1, 0.15) is 5.56 Å². The zero-order valence-electron chi connectivity index (χ0n) is 9.50. The number of anilines is 1. The molecule has 17 heavy (non-hydrogen) atoms. The smallest absolute Gasteiger partial charge is 0.237 e. The fraction of sp³-hybridized carbons (Fsp3) is 0.417. The van der Waals surface area contributed by atoms with Crippen molar-refractivity contribution in [3.05, 3.63) is 28.2 Å². The summed E-state index contributed by atoms with van der Waals surface area (Å²) in [7, 11) is 0. The molecule has 2 N–H and O–H groups in total. The van der Waals surface area contributed by atoms with Gasteiger partial charge in [0.05, 0.1) is 19.8 Å². The minimum Gasteiger partial charge on any atom is -0.395 e. The minimum absolute atomic E-state index is 0.189. The van der Waals surface area contributed by atoms with Gasteiger partial charge in [0.1, 0.15) is 5.41 Å². The van der Waals surface area contributed by atoms with E-state index in [0.29, 0.717) is 5.69 Å². The van der Waals surface area contributed by atoms with Crippen LogP contribution < -0.4 is 5.32 Å². The van der Waals surface area contributed by atoms with Crippen LogP contribution in [0.4, 0.5) is 5.69 Å². The molecule has 0 aromatic heterocycles. The first-order valence-electron chi connectivity index (χ1n) is 5.34. The second-order valence-electron chi connectivity index (χ2n) is 4.35. The minimum atomic E-state index is -0.767. The Morgan fingerprint density at radius 3 is 2.76 bits per heavy atom. The fourth-order valence-electron chi connectivity index (χ4n) is 1.58. The molecule has 1 aromatic carbocycles. The Morgan fingerprint density at radius 2 is 2.29 bits per heavy atom. The molecule has 1 aliphatic rings. The van der Waals surface area contributed by atoms with E-state index in [1.807, 2.05) is 25.1 Å². The van der Waals surface area contributed by atoms with Crippen molar-refractivity contribution in [1.82, 2.24) is 0 Å². The van der Waals surface area contributed by atoms with Crippen LogP contribution in [0.3, 0.4) is 0 Å². The SMILES string of the molecule is Cc1ccc(NC(=O)C2(CO)COC2)cc1Br. The predicted molar refractivity (Wildman–Crippen MR) is 67.8 cm³/mol. The normalized spacial score (nSPS) is 17.4. The summed E-state index contributed by atoms with van der Waals surface area (Å²) in [5.41, 5.74) is 1.05. The summed E-state index contributed by atoms with van der Waals surface area (Å²) < 4.78 is 5.94. The number of aliphatic hydroxyl groups is 1. The number of ether oxygens (including phenoxy) is 1. The van der Waals surface area contributed by atoms with Crippen molar-refractivity contribution in [3.8, 4) is 0 Å². The van der Waals surface area contributed by atoms with E-state index in [2.05, 4.69) is 21.2 Å². The van der Waals surface area contributed by atoms with Crippen molar-refractivity contribution in [3.63, 3.8) is 0 Å². The number of nitrogens with one attached hydrogen (secondary N) is 1. The lowest BCUT2D eigenvalue weighted by Gasteiger charge is -2.38. The summed E-state index contributed by atoms with van der Waals surface area (Å²) in [4.78, 5) is 12.0. The molecule has 4 nitrogen and oxygen atoms in total. The monoisotopic (exact) mass is 299 g/mol. The molecule has 1 amide bonds. The molecule has 2 rings (SSSR count). The molecule has 1 heterocycles. The van der Waals surface area contributed by atoms with E-state index in [-0.39, 0.29) is 25.7 Å². The summed E-state index contributed by atoms with van der Waals surface area (Å²) in [5, 5.41) is 12.0. The van der Waals surface area contributed by atoms with Crippen molar-refractivity contribution in [2.75, 3.05) is 25.1 Å². The Labute approximate surface area is 108 Å². The zero-order chi connectivity index (χ0) is 12.5. The van der Waals surface area contributed by atoms with E-state index in [1.54, 1.807) is 0 Å². The number of carbonyl (C=O) groups is 1. The maximum absolute atomic E-state index is 12.0. The van der Waals surface area contributed by atoms with Crippen molar-refractivity contribution in [1.29, 1.82) is 0 Å². The van der Waals surface area contributed by atoms with Crippen LogP contribution >= 0.6 is 15.9 Å². The summed E-state index contributed by atoms with van der Waals surface area (Å²) in [6, 6.07) is 5.60. The number of halogens is 1. The van der Waals surface area contributed by atoms with Gasteiger partial charge >= 0.3 is 0 Å². The van der Waals surface area contributed by atoms with Crippen molar-refractivity contribution in [2.24, 2.45) is 5.41 Å². The first kappa shape index (κ1) is 12.5. The second kappa shape index (κ2) is 4.76. The van der Waals surface area contributed by atoms with Gasteiger partial charge in [0.15, 0.2) is 0 Å². The summed E-state index contributed by atoms with van der Waals surface area (Å²) >= 11 is 3.41. The van der Waals surface area contributed by atoms with Crippen LogP contribution in [0.5, 0.6) is 0 Å². The van der Waals surface area contributed by atoms with Gasteiger partial charge in [0.2, 0.25) is 5.91 Å². The Morgan fingerprint density at radius 1 is 1.59 bits per heavy atom. The molecule has 0 spiro atoms. The quantitative estimate of drug-likeness (QED) is 0.893. The average molecular weight is 300 g/mol. The number of rotatable bonds is 3. The van der Waals surface area contributed by atoms with Crippen molar-refractivity contribution >= 4 is 27.5 Å². The van der Waals surface area contributed by atoms with E-state index in [0.717, 1.165) is 10.0 Å². The maximum atomic E-state index is 12.0. The van der Waals surface area contributed by atoms with Gasteiger partial charge in [-0.05, 0) is 24.6 Å². The van der Waals surface area contributed by atoms with Crippen molar-refractivity contribution in [2.45, 2.75) is 6.92 Å². The topological polar surface area (TPSA) is 58.6 Å². The standard InChI is InChI=1S/C12H14BrNO3/c1-8-2-3-9(4-10(8)13)14-11(16)12(5-15)6-17-7-12/h2-4,15H,5-7H2,1H3,(H,14,16). The molecule has 0 atom stereocenters. The van der Waals surface area contributed by atoms with Crippen LogP contribution in [-0.2, 0) is 9.53 Å². The van der Waals surface area contributed by atoms with Gasteiger partial charge in [-0.2, -0.15) is 0 Å². The lowest BCUT2D eigenvalue weighted by atomic mass is 9.86. The highest BCUT2D eigenvalue weighted by Crippen LogP contribution is 2.29. The Bertz CT molecular complexity index is 438. The molecule has 0 aliphatic carbocycles. The van der Waals surface area contributed by atoms with Gasteiger partial charge in [-0.15, -0.1) is 0 Å². The van der Waals surface area contributed by atoms with Gasteiger partial charge in [-0.3, -0.25) is 4.79 Å². The van der Waals surface area contributed by atoms with Crippen LogP contribution in [0.25, 0.3) is 0 Å². The lowest BCUT2D eigenvalue weighted by molar-refractivity contribution is -0.164. The van der Waals surface area contributed by atoms with E-state index in [4.69, 9.17) is 4.74 Å². The van der Waals surface area contributed by atoms with Gasteiger partial charge in [-0.25, -0.2) is 0 Å². The number of aliphatic hydroxyl groups excluding tert-OH is 1. The highest BCUT2D eigenvalue weighted by Gasteiger charge is 2.45. The summed E-state index contributed by atoms with van der Waals surface area (Å²) in [6.07, 6.45) is 0. The van der Waals surface area contributed by atoms with Gasteiger partial charge < -0.3 is 15.2 Å². The lowest BCUT2D eigenvalue weighted by Crippen LogP contribution is -2.54. The molecule has 1 aliphatic heterocycles. The molecule has 0 unspecified atom stereocenters. The average Bonchev–Trinajstić information content (AvgIpc) is 2.23.